The van der Waals surface area contributed by atoms with Crippen LogP contribution in [0.4, 0.5) is 11.4 Å². The van der Waals surface area contributed by atoms with Crippen molar-refractivity contribution in [3.05, 3.63) is 23.8 Å². The summed E-state index contributed by atoms with van der Waals surface area (Å²) in [4.78, 5) is 25.2. The lowest BCUT2D eigenvalue weighted by Crippen LogP contribution is -2.41. The van der Waals surface area contributed by atoms with Crippen LogP contribution in [0, 0.1) is 6.92 Å². The lowest BCUT2D eigenvalue weighted by molar-refractivity contribution is -0.123. The minimum Gasteiger partial charge on any atom is -0.398 e. The number of nitrogens with one attached hydrogen (secondary N) is 2. The van der Waals surface area contributed by atoms with Crippen molar-refractivity contribution >= 4 is 23.2 Å². The van der Waals surface area contributed by atoms with Gasteiger partial charge in [-0.25, -0.2) is 0 Å². The predicted octanol–water partition coefficient (Wildman–Crippen LogP) is 0.972. The fourth-order valence-corrected chi connectivity index (χ4v) is 1.89. The molecule has 0 saturated heterocycles. The Bertz CT molecular complexity index is 514. The van der Waals surface area contributed by atoms with E-state index in [0.717, 1.165) is 5.56 Å². The van der Waals surface area contributed by atoms with Crippen LogP contribution in [0.25, 0.3) is 0 Å². The van der Waals surface area contributed by atoms with Gasteiger partial charge in [-0.05, 0) is 45.5 Å². The van der Waals surface area contributed by atoms with Crippen molar-refractivity contribution < 1.29 is 9.59 Å². The highest BCUT2D eigenvalue weighted by Crippen LogP contribution is 2.20. The van der Waals surface area contributed by atoms with E-state index in [2.05, 4.69) is 10.6 Å². The van der Waals surface area contributed by atoms with Crippen LogP contribution in [0.3, 0.4) is 0 Å². The Morgan fingerprint density at radius 1 is 1.24 bits per heavy atom. The van der Waals surface area contributed by atoms with E-state index in [4.69, 9.17) is 5.73 Å². The second kappa shape index (κ2) is 7.64. The zero-order valence-corrected chi connectivity index (χ0v) is 13.1. The van der Waals surface area contributed by atoms with Crippen LogP contribution in [0.1, 0.15) is 19.4 Å². The Morgan fingerprint density at radius 3 is 2.48 bits per heavy atom. The molecule has 0 saturated carbocycles. The Labute approximate surface area is 125 Å². The van der Waals surface area contributed by atoms with E-state index in [1.165, 1.54) is 0 Å². The summed E-state index contributed by atoms with van der Waals surface area (Å²) in [5.74, 6) is -0.274. The number of rotatable bonds is 6. The van der Waals surface area contributed by atoms with Crippen molar-refractivity contribution in [3.8, 4) is 0 Å². The summed E-state index contributed by atoms with van der Waals surface area (Å²) in [7, 11) is 1.73. The molecule has 0 bridgehead atoms. The number of nitrogens with zero attached hydrogens (tertiary/aromatic N) is 1. The van der Waals surface area contributed by atoms with Crippen molar-refractivity contribution in [2.45, 2.75) is 26.8 Å². The molecule has 0 aliphatic carbocycles. The molecule has 0 spiro atoms. The maximum absolute atomic E-state index is 12.0. The highest BCUT2D eigenvalue weighted by atomic mass is 16.2. The van der Waals surface area contributed by atoms with E-state index >= 15 is 0 Å². The molecular weight excluding hydrogens is 268 g/mol. The number of amides is 2. The summed E-state index contributed by atoms with van der Waals surface area (Å²) >= 11 is 0. The first-order chi connectivity index (χ1) is 9.79. The molecule has 2 amide bonds. The number of hydrogen-bond acceptors (Lipinski definition) is 4. The summed E-state index contributed by atoms with van der Waals surface area (Å²) in [6.45, 7) is 5.96. The molecule has 0 aliphatic rings. The summed E-state index contributed by atoms with van der Waals surface area (Å²) in [5.41, 5.74) is 7.97. The molecule has 0 fully saturated rings. The van der Waals surface area contributed by atoms with Gasteiger partial charge in [0, 0.05) is 17.4 Å². The third-order valence-corrected chi connectivity index (χ3v) is 2.93. The molecule has 0 radical (unpaired) electrons. The minimum atomic E-state index is -0.177. The van der Waals surface area contributed by atoms with Crippen molar-refractivity contribution in [2.24, 2.45) is 0 Å². The first-order valence-electron chi connectivity index (χ1n) is 6.92. The van der Waals surface area contributed by atoms with Crippen LogP contribution in [0.2, 0.25) is 0 Å². The van der Waals surface area contributed by atoms with Crippen molar-refractivity contribution in [2.75, 3.05) is 31.2 Å². The number of anilines is 2. The molecular formula is C15H24N4O2. The van der Waals surface area contributed by atoms with E-state index in [1.54, 1.807) is 30.1 Å². The molecule has 116 valence electrons. The van der Waals surface area contributed by atoms with Crippen LogP contribution in [0.15, 0.2) is 18.2 Å². The Hall–Kier alpha value is -2.08. The van der Waals surface area contributed by atoms with Gasteiger partial charge in [-0.1, -0.05) is 6.07 Å². The average molecular weight is 292 g/mol. The third kappa shape index (κ3) is 5.83. The maximum Gasteiger partial charge on any atom is 0.238 e. The third-order valence-electron chi connectivity index (χ3n) is 2.93. The van der Waals surface area contributed by atoms with Gasteiger partial charge in [0.1, 0.15) is 0 Å². The van der Waals surface area contributed by atoms with E-state index in [9.17, 15) is 9.59 Å². The molecule has 4 N–H and O–H groups in total. The normalized spacial score (nSPS) is 10.8. The fourth-order valence-electron chi connectivity index (χ4n) is 1.89. The first-order valence-corrected chi connectivity index (χ1v) is 6.92. The molecule has 0 heterocycles. The van der Waals surface area contributed by atoms with Gasteiger partial charge in [-0.2, -0.15) is 0 Å². The summed E-state index contributed by atoms with van der Waals surface area (Å²) in [6.07, 6.45) is 0. The maximum atomic E-state index is 12.0. The number of carbonyl (C=O) groups is 2. The zero-order chi connectivity index (χ0) is 16.0. The van der Waals surface area contributed by atoms with E-state index < -0.39 is 0 Å². The van der Waals surface area contributed by atoms with Crippen molar-refractivity contribution in [1.29, 1.82) is 0 Å². The summed E-state index contributed by atoms with van der Waals surface area (Å²) in [6, 6.07) is 5.47. The molecule has 1 aromatic carbocycles. The van der Waals surface area contributed by atoms with Gasteiger partial charge in [-0.3, -0.25) is 14.5 Å². The largest absolute Gasteiger partial charge is 0.398 e. The van der Waals surface area contributed by atoms with E-state index in [-0.39, 0.29) is 30.9 Å². The van der Waals surface area contributed by atoms with Crippen molar-refractivity contribution in [1.82, 2.24) is 10.2 Å². The zero-order valence-electron chi connectivity index (χ0n) is 13.1. The highest BCUT2D eigenvalue weighted by molar-refractivity contribution is 5.94. The molecule has 1 rings (SSSR count). The summed E-state index contributed by atoms with van der Waals surface area (Å²) in [5, 5.41) is 5.59. The lowest BCUT2D eigenvalue weighted by Gasteiger charge is -2.17. The second-order valence-corrected chi connectivity index (χ2v) is 5.46. The van der Waals surface area contributed by atoms with Gasteiger partial charge in [-0.15, -0.1) is 0 Å². The van der Waals surface area contributed by atoms with Crippen LogP contribution in [-0.4, -0.2) is 42.9 Å². The Kier molecular flexibility index (Phi) is 6.17. The monoisotopic (exact) mass is 292 g/mol. The lowest BCUT2D eigenvalue weighted by atomic mass is 10.1. The predicted molar refractivity (Wildman–Crippen MR) is 85.0 cm³/mol. The number of benzene rings is 1. The molecule has 0 aromatic heterocycles. The fraction of sp³-hybridized carbons (Fsp3) is 0.467. The summed E-state index contributed by atoms with van der Waals surface area (Å²) < 4.78 is 0. The number of nitrogens with two attached hydrogens (primary N) is 1. The van der Waals surface area contributed by atoms with Gasteiger partial charge >= 0.3 is 0 Å². The minimum absolute atomic E-state index is 0.0923. The number of nitrogen functional groups attached to an aromatic ring is 1. The standard InChI is InChI=1S/C15H24N4O2/c1-10(2)17-14(20)8-19(4)9-15(21)18-13-7-5-6-12(16)11(13)3/h5-7,10H,8-9,16H2,1-4H3,(H,17,20)(H,18,21). The van der Waals surface area contributed by atoms with Gasteiger partial charge in [0.05, 0.1) is 13.1 Å². The Balaban J connectivity index is 2.50. The molecule has 1 aromatic rings. The van der Waals surface area contributed by atoms with Gasteiger partial charge in [0.2, 0.25) is 11.8 Å². The molecule has 6 nitrogen and oxygen atoms in total. The van der Waals surface area contributed by atoms with Crippen LogP contribution >= 0.6 is 0 Å². The van der Waals surface area contributed by atoms with E-state index in [0.29, 0.717) is 11.4 Å². The number of carbonyl (C=O) groups excluding carboxylic acids is 2. The SMILES string of the molecule is Cc1c(N)cccc1NC(=O)CN(C)CC(=O)NC(C)C. The van der Waals surface area contributed by atoms with E-state index in [1.807, 2.05) is 20.8 Å². The van der Waals surface area contributed by atoms with Gasteiger partial charge in [0.15, 0.2) is 0 Å². The number of hydrogen-bond donors (Lipinski definition) is 3. The highest BCUT2D eigenvalue weighted by Gasteiger charge is 2.12. The quantitative estimate of drug-likeness (QED) is 0.682. The number of likely N-dealkylation sites (N-methyl/N-ethyl adjacent to an activating group) is 1. The average Bonchev–Trinajstić information content (AvgIpc) is 2.33. The molecule has 0 unspecified atom stereocenters. The van der Waals surface area contributed by atoms with Crippen LogP contribution in [-0.2, 0) is 9.59 Å². The van der Waals surface area contributed by atoms with Crippen LogP contribution < -0.4 is 16.4 Å². The molecule has 6 heteroatoms. The molecule has 0 aliphatic heterocycles. The van der Waals surface area contributed by atoms with Gasteiger partial charge < -0.3 is 16.4 Å². The topological polar surface area (TPSA) is 87.5 Å². The van der Waals surface area contributed by atoms with Gasteiger partial charge in [0.25, 0.3) is 0 Å². The molecule has 21 heavy (non-hydrogen) atoms. The Morgan fingerprint density at radius 2 is 1.86 bits per heavy atom. The van der Waals surface area contributed by atoms with Crippen molar-refractivity contribution in [3.63, 3.8) is 0 Å². The van der Waals surface area contributed by atoms with Crippen LogP contribution in [0.5, 0.6) is 0 Å². The smallest absolute Gasteiger partial charge is 0.238 e. The first kappa shape index (κ1) is 17.0. The molecule has 0 atom stereocenters. The second-order valence-electron chi connectivity index (χ2n) is 5.46.